The topological polar surface area (TPSA) is 37.4 Å². The van der Waals surface area contributed by atoms with E-state index in [2.05, 4.69) is 0 Å². The van der Waals surface area contributed by atoms with Crippen molar-refractivity contribution in [2.75, 3.05) is 6.54 Å². The third-order valence-corrected chi connectivity index (χ3v) is 9.07. The standard InChI is InChI=1S/C24H24F3NO2S/c1-16-5-9-20(10-6-16)31(29,30)28-13-3-12-23-11-2-4-18(23)14-17-7-8-19(24(25,26)27)15-21(17)22(23)28/h5-10,14-15,22H,2-4,11-13H2,1H3/t22-,23+/m0/s1. The monoisotopic (exact) mass is 447 g/mol. The highest BCUT2D eigenvalue weighted by Gasteiger charge is 2.55. The molecule has 31 heavy (non-hydrogen) atoms. The van der Waals surface area contributed by atoms with Crippen molar-refractivity contribution in [3.05, 3.63) is 70.3 Å². The predicted octanol–water partition coefficient (Wildman–Crippen LogP) is 6.11. The van der Waals surface area contributed by atoms with Gasteiger partial charge in [0.05, 0.1) is 16.5 Å². The molecule has 1 saturated carbocycles. The molecule has 7 heteroatoms. The maximum atomic E-state index is 13.7. The lowest BCUT2D eigenvalue weighted by molar-refractivity contribution is -0.137. The zero-order valence-corrected chi connectivity index (χ0v) is 18.1. The molecule has 0 amide bonds. The van der Waals surface area contributed by atoms with Gasteiger partial charge in [0.15, 0.2) is 0 Å². The van der Waals surface area contributed by atoms with Crippen molar-refractivity contribution >= 4 is 16.1 Å². The number of alkyl halides is 3. The summed E-state index contributed by atoms with van der Waals surface area (Å²) in [5.74, 6) is 0. The van der Waals surface area contributed by atoms with Gasteiger partial charge in [0.2, 0.25) is 10.0 Å². The van der Waals surface area contributed by atoms with Crippen LogP contribution in [0, 0.1) is 12.3 Å². The number of sulfonamides is 1. The van der Waals surface area contributed by atoms with Gasteiger partial charge in [-0.2, -0.15) is 17.5 Å². The summed E-state index contributed by atoms with van der Waals surface area (Å²) in [6.07, 6.45) is 1.65. The van der Waals surface area contributed by atoms with Crippen LogP contribution in [0.4, 0.5) is 13.2 Å². The van der Waals surface area contributed by atoms with E-state index in [1.807, 2.05) is 13.0 Å². The van der Waals surface area contributed by atoms with Crippen LogP contribution in [0.15, 0.2) is 52.9 Å². The smallest absolute Gasteiger partial charge is 0.207 e. The van der Waals surface area contributed by atoms with Crippen molar-refractivity contribution in [2.24, 2.45) is 5.41 Å². The molecule has 0 aromatic heterocycles. The minimum absolute atomic E-state index is 0.192. The molecule has 1 aliphatic heterocycles. The second-order valence-electron chi connectivity index (χ2n) is 8.96. The average Bonchev–Trinajstić information content (AvgIpc) is 3.12. The van der Waals surface area contributed by atoms with Gasteiger partial charge in [-0.3, -0.25) is 0 Å². The Morgan fingerprint density at radius 3 is 2.45 bits per heavy atom. The number of aryl methyl sites for hydroxylation is 1. The number of benzene rings is 2. The fourth-order valence-electron chi connectivity index (χ4n) is 5.77. The number of hydrogen-bond donors (Lipinski definition) is 0. The molecule has 164 valence electrons. The van der Waals surface area contributed by atoms with Crippen LogP contribution >= 0.6 is 0 Å². The summed E-state index contributed by atoms with van der Waals surface area (Å²) < 4.78 is 69.5. The molecule has 3 nitrogen and oxygen atoms in total. The molecule has 3 aliphatic rings. The first-order chi connectivity index (χ1) is 14.6. The van der Waals surface area contributed by atoms with E-state index >= 15 is 0 Å². The summed E-state index contributed by atoms with van der Waals surface area (Å²) in [4.78, 5) is 0.192. The van der Waals surface area contributed by atoms with Crippen molar-refractivity contribution in [2.45, 2.75) is 56.1 Å². The van der Waals surface area contributed by atoms with Crippen LogP contribution in [-0.2, 0) is 16.2 Å². The summed E-state index contributed by atoms with van der Waals surface area (Å²) in [7, 11) is -3.86. The molecular formula is C24H24F3NO2S. The van der Waals surface area contributed by atoms with Gasteiger partial charge in [-0.25, -0.2) is 8.42 Å². The van der Waals surface area contributed by atoms with Crippen LogP contribution in [0.5, 0.6) is 0 Å². The molecule has 1 spiro atoms. The second kappa shape index (κ2) is 6.94. The molecular weight excluding hydrogens is 423 g/mol. The van der Waals surface area contributed by atoms with E-state index in [-0.39, 0.29) is 4.90 Å². The lowest BCUT2D eigenvalue weighted by Crippen LogP contribution is -2.49. The van der Waals surface area contributed by atoms with Crippen molar-refractivity contribution < 1.29 is 21.6 Å². The summed E-state index contributed by atoms with van der Waals surface area (Å²) in [5, 5.41) is 0. The Balaban J connectivity index is 1.71. The highest BCUT2D eigenvalue weighted by atomic mass is 32.2. The van der Waals surface area contributed by atoms with Gasteiger partial charge < -0.3 is 0 Å². The largest absolute Gasteiger partial charge is 0.416 e. The van der Waals surface area contributed by atoms with Crippen LogP contribution < -0.4 is 0 Å². The van der Waals surface area contributed by atoms with Crippen LogP contribution in [0.25, 0.3) is 6.08 Å². The fourth-order valence-corrected chi connectivity index (χ4v) is 7.49. The molecule has 0 N–H and O–H groups in total. The molecule has 2 fully saturated rings. The third-order valence-electron chi connectivity index (χ3n) is 7.19. The Hall–Kier alpha value is -2.12. The Bertz CT molecular complexity index is 1170. The van der Waals surface area contributed by atoms with Gasteiger partial charge >= 0.3 is 6.18 Å². The molecule has 2 atom stereocenters. The summed E-state index contributed by atoms with van der Waals surface area (Å²) in [6.45, 7) is 2.20. The second-order valence-corrected chi connectivity index (χ2v) is 10.8. The molecule has 5 rings (SSSR count). The predicted molar refractivity (Wildman–Crippen MR) is 113 cm³/mol. The van der Waals surface area contributed by atoms with Crippen molar-refractivity contribution in [3.63, 3.8) is 0 Å². The quantitative estimate of drug-likeness (QED) is 0.557. The maximum Gasteiger partial charge on any atom is 0.416 e. The zero-order valence-electron chi connectivity index (χ0n) is 17.2. The molecule has 0 bridgehead atoms. The third kappa shape index (κ3) is 3.16. The van der Waals surface area contributed by atoms with Crippen molar-refractivity contribution in [1.29, 1.82) is 0 Å². The first-order valence-corrected chi connectivity index (χ1v) is 12.1. The molecule has 1 saturated heterocycles. The average molecular weight is 448 g/mol. The number of hydrogen-bond acceptors (Lipinski definition) is 2. The highest BCUT2D eigenvalue weighted by Crippen LogP contribution is 2.62. The van der Waals surface area contributed by atoms with E-state index in [1.165, 1.54) is 22.0 Å². The number of piperidine rings is 1. The van der Waals surface area contributed by atoms with Crippen LogP contribution in [0.3, 0.4) is 0 Å². The van der Waals surface area contributed by atoms with E-state index in [4.69, 9.17) is 0 Å². The minimum Gasteiger partial charge on any atom is -0.207 e. The van der Waals surface area contributed by atoms with Crippen molar-refractivity contribution in [3.8, 4) is 0 Å². The normalized spacial score (nSPS) is 26.1. The van der Waals surface area contributed by atoms with Crippen LogP contribution in [0.2, 0.25) is 0 Å². The number of halogens is 3. The maximum absolute atomic E-state index is 13.7. The number of rotatable bonds is 2. The highest BCUT2D eigenvalue weighted by molar-refractivity contribution is 7.89. The van der Waals surface area contributed by atoms with E-state index in [0.29, 0.717) is 24.1 Å². The van der Waals surface area contributed by atoms with Crippen molar-refractivity contribution in [1.82, 2.24) is 4.31 Å². The van der Waals surface area contributed by atoms with Gasteiger partial charge in [-0.15, -0.1) is 0 Å². The van der Waals surface area contributed by atoms with Gasteiger partial charge in [-0.1, -0.05) is 35.4 Å². The molecule has 2 aromatic rings. The van der Waals surface area contributed by atoms with Gasteiger partial charge in [0.25, 0.3) is 0 Å². The summed E-state index contributed by atoms with van der Waals surface area (Å²) in [5.41, 5.74) is 2.19. The Morgan fingerprint density at radius 1 is 1.03 bits per heavy atom. The number of fused-ring (bicyclic) bond motifs is 2. The molecule has 2 aliphatic carbocycles. The zero-order chi connectivity index (χ0) is 22.0. The van der Waals surface area contributed by atoms with E-state index in [1.54, 1.807) is 24.3 Å². The van der Waals surface area contributed by atoms with Crippen LogP contribution in [0.1, 0.15) is 60.4 Å². The molecule has 2 aromatic carbocycles. The Morgan fingerprint density at radius 2 is 1.74 bits per heavy atom. The van der Waals surface area contributed by atoms with Gasteiger partial charge in [-0.05, 0) is 74.4 Å². The molecule has 1 heterocycles. The lowest BCUT2D eigenvalue weighted by Gasteiger charge is -2.51. The fraction of sp³-hybridized carbons (Fsp3) is 0.417. The van der Waals surface area contributed by atoms with Gasteiger partial charge in [0, 0.05) is 12.0 Å². The summed E-state index contributed by atoms with van der Waals surface area (Å²) >= 11 is 0. The summed E-state index contributed by atoms with van der Waals surface area (Å²) in [6, 6.07) is 9.86. The van der Waals surface area contributed by atoms with E-state index < -0.39 is 33.2 Å². The van der Waals surface area contributed by atoms with Gasteiger partial charge in [0.1, 0.15) is 0 Å². The Labute approximate surface area is 180 Å². The van der Waals surface area contributed by atoms with E-state index in [0.717, 1.165) is 37.3 Å². The number of nitrogens with zero attached hydrogens (tertiary/aromatic N) is 1. The molecule has 0 radical (unpaired) electrons. The lowest BCUT2D eigenvalue weighted by atomic mass is 9.64. The minimum atomic E-state index is -4.48. The Kier molecular flexibility index (Phi) is 4.65. The first kappa shape index (κ1) is 20.8. The SMILES string of the molecule is Cc1ccc(S(=O)(=O)N2CCC[C@]34CCCC3=Cc3ccc(C(F)(F)F)cc3[C@H]24)cc1. The molecule has 0 unspecified atom stereocenters. The first-order valence-electron chi connectivity index (χ1n) is 10.6. The van der Waals surface area contributed by atoms with E-state index in [9.17, 15) is 21.6 Å². The van der Waals surface area contributed by atoms with Crippen LogP contribution in [-0.4, -0.2) is 19.3 Å².